The third kappa shape index (κ3) is 4.56. The van der Waals surface area contributed by atoms with Crippen molar-refractivity contribution < 1.29 is 14.0 Å². The Morgan fingerprint density at radius 2 is 2.04 bits per heavy atom. The molecule has 8 heteroatoms. The molecule has 0 aliphatic heterocycles. The topological polar surface area (TPSA) is 88.0 Å². The molecule has 1 saturated carbocycles. The standard InChI is InChI=1S/C17H20FN5O2/c1-19-15(24)10-23-9-14(8-20-23)21-16(17(25)22-13-6-7-13)11-2-4-12(18)5-3-11/h2-5,8-9,13,16,21H,6-7,10H2,1H3,(H,19,24)(H,22,25). The number of hydrogen-bond acceptors (Lipinski definition) is 4. The Kier molecular flexibility index (Phi) is 4.97. The Labute approximate surface area is 144 Å². The summed E-state index contributed by atoms with van der Waals surface area (Å²) >= 11 is 0. The number of rotatable bonds is 7. The van der Waals surface area contributed by atoms with Crippen LogP contribution in [0.3, 0.4) is 0 Å². The molecule has 7 nitrogen and oxygen atoms in total. The average Bonchev–Trinajstić information content (AvgIpc) is 3.31. The lowest BCUT2D eigenvalue weighted by Crippen LogP contribution is -2.34. The molecule has 1 unspecified atom stereocenters. The number of anilines is 1. The van der Waals surface area contributed by atoms with Crippen LogP contribution in [0, 0.1) is 5.82 Å². The third-order valence-corrected chi connectivity index (χ3v) is 3.92. The van der Waals surface area contributed by atoms with Crippen molar-refractivity contribution in [1.29, 1.82) is 0 Å². The molecule has 1 heterocycles. The number of aromatic nitrogens is 2. The fourth-order valence-corrected chi connectivity index (χ4v) is 2.39. The van der Waals surface area contributed by atoms with Crippen molar-refractivity contribution in [3.63, 3.8) is 0 Å². The van der Waals surface area contributed by atoms with Crippen molar-refractivity contribution in [3.05, 3.63) is 48.0 Å². The van der Waals surface area contributed by atoms with Crippen molar-refractivity contribution >= 4 is 17.5 Å². The molecule has 1 aromatic heterocycles. The first-order chi connectivity index (χ1) is 12.0. The highest BCUT2D eigenvalue weighted by Crippen LogP contribution is 2.24. The first-order valence-corrected chi connectivity index (χ1v) is 8.10. The van der Waals surface area contributed by atoms with Gasteiger partial charge in [0.2, 0.25) is 11.8 Å². The molecule has 0 bridgehead atoms. The lowest BCUT2D eigenvalue weighted by Gasteiger charge is -2.19. The Hall–Kier alpha value is -2.90. The Balaban J connectivity index is 1.75. The average molecular weight is 345 g/mol. The highest BCUT2D eigenvalue weighted by atomic mass is 19.1. The number of nitrogens with zero attached hydrogens (tertiary/aromatic N) is 2. The van der Waals surface area contributed by atoms with E-state index in [2.05, 4.69) is 21.0 Å². The van der Waals surface area contributed by atoms with Crippen molar-refractivity contribution in [1.82, 2.24) is 20.4 Å². The number of amides is 2. The molecule has 0 saturated heterocycles. The van der Waals surface area contributed by atoms with Gasteiger partial charge in [-0.1, -0.05) is 12.1 Å². The lowest BCUT2D eigenvalue weighted by atomic mass is 10.1. The molecule has 25 heavy (non-hydrogen) atoms. The first-order valence-electron chi connectivity index (χ1n) is 8.10. The molecule has 0 spiro atoms. The number of likely N-dealkylation sites (N-methyl/N-ethyl adjacent to an activating group) is 1. The maximum Gasteiger partial charge on any atom is 0.247 e. The van der Waals surface area contributed by atoms with Crippen LogP contribution in [0.1, 0.15) is 24.4 Å². The van der Waals surface area contributed by atoms with Gasteiger partial charge in [0.25, 0.3) is 0 Å². The van der Waals surface area contributed by atoms with Crippen molar-refractivity contribution in [3.8, 4) is 0 Å². The Bertz CT molecular complexity index is 755. The van der Waals surface area contributed by atoms with Gasteiger partial charge in [-0.15, -0.1) is 0 Å². The van der Waals surface area contributed by atoms with E-state index in [4.69, 9.17) is 0 Å². The summed E-state index contributed by atoms with van der Waals surface area (Å²) in [6.07, 6.45) is 5.15. The molecule has 2 aromatic rings. The van der Waals surface area contributed by atoms with Gasteiger partial charge in [0, 0.05) is 19.3 Å². The summed E-state index contributed by atoms with van der Waals surface area (Å²) in [7, 11) is 1.55. The molecule has 132 valence electrons. The highest BCUT2D eigenvalue weighted by Gasteiger charge is 2.28. The van der Waals surface area contributed by atoms with E-state index in [9.17, 15) is 14.0 Å². The zero-order valence-corrected chi connectivity index (χ0v) is 13.8. The number of carbonyl (C=O) groups is 2. The van der Waals surface area contributed by atoms with E-state index in [0.29, 0.717) is 11.3 Å². The number of carbonyl (C=O) groups excluding carboxylic acids is 2. The smallest absolute Gasteiger partial charge is 0.247 e. The van der Waals surface area contributed by atoms with E-state index in [1.54, 1.807) is 31.6 Å². The minimum atomic E-state index is -0.668. The molecule has 1 fully saturated rings. The van der Waals surface area contributed by atoms with Crippen LogP contribution < -0.4 is 16.0 Å². The molecule has 1 aromatic carbocycles. The summed E-state index contributed by atoms with van der Waals surface area (Å²) in [6.45, 7) is 0.0909. The van der Waals surface area contributed by atoms with E-state index in [0.717, 1.165) is 12.8 Å². The number of nitrogens with one attached hydrogen (secondary N) is 3. The van der Waals surface area contributed by atoms with Crippen LogP contribution in [0.4, 0.5) is 10.1 Å². The summed E-state index contributed by atoms with van der Waals surface area (Å²) < 4.78 is 14.7. The fourth-order valence-electron chi connectivity index (χ4n) is 2.39. The zero-order valence-electron chi connectivity index (χ0n) is 13.8. The molecule has 0 radical (unpaired) electrons. The molecule has 1 aliphatic carbocycles. The van der Waals surface area contributed by atoms with Gasteiger partial charge in [-0.25, -0.2) is 4.39 Å². The van der Waals surface area contributed by atoms with E-state index < -0.39 is 6.04 Å². The predicted molar refractivity (Wildman–Crippen MR) is 90.2 cm³/mol. The number of hydrogen-bond donors (Lipinski definition) is 3. The first kappa shape index (κ1) is 16.9. The zero-order chi connectivity index (χ0) is 17.8. The molecule has 1 atom stereocenters. The monoisotopic (exact) mass is 345 g/mol. The lowest BCUT2D eigenvalue weighted by molar-refractivity contribution is -0.122. The highest BCUT2D eigenvalue weighted by molar-refractivity contribution is 5.86. The molecule has 1 aliphatic rings. The van der Waals surface area contributed by atoms with Crippen LogP contribution in [0.5, 0.6) is 0 Å². The Morgan fingerprint density at radius 3 is 2.68 bits per heavy atom. The Morgan fingerprint density at radius 1 is 1.32 bits per heavy atom. The second kappa shape index (κ2) is 7.33. The van der Waals surface area contributed by atoms with Crippen molar-refractivity contribution in [2.24, 2.45) is 0 Å². The van der Waals surface area contributed by atoms with E-state index in [1.807, 2.05) is 0 Å². The minimum Gasteiger partial charge on any atom is -0.368 e. The van der Waals surface area contributed by atoms with Crippen LogP contribution in [0.15, 0.2) is 36.7 Å². The van der Waals surface area contributed by atoms with Gasteiger partial charge in [-0.3, -0.25) is 14.3 Å². The third-order valence-electron chi connectivity index (χ3n) is 3.92. The summed E-state index contributed by atoms with van der Waals surface area (Å²) in [6, 6.07) is 5.35. The minimum absolute atomic E-state index is 0.0909. The molecular weight excluding hydrogens is 325 g/mol. The summed E-state index contributed by atoms with van der Waals surface area (Å²) in [5.41, 5.74) is 1.25. The maximum absolute atomic E-state index is 13.2. The quantitative estimate of drug-likeness (QED) is 0.704. The summed E-state index contributed by atoms with van der Waals surface area (Å²) in [4.78, 5) is 24.0. The van der Waals surface area contributed by atoms with Gasteiger partial charge < -0.3 is 16.0 Å². The van der Waals surface area contributed by atoms with Gasteiger partial charge in [-0.05, 0) is 30.5 Å². The van der Waals surface area contributed by atoms with E-state index in [1.165, 1.54) is 16.8 Å². The van der Waals surface area contributed by atoms with Gasteiger partial charge in [0.15, 0.2) is 0 Å². The largest absolute Gasteiger partial charge is 0.368 e. The van der Waals surface area contributed by atoms with Crippen molar-refractivity contribution in [2.45, 2.75) is 31.5 Å². The van der Waals surface area contributed by atoms with Gasteiger partial charge in [0.05, 0.1) is 11.9 Å². The SMILES string of the molecule is CNC(=O)Cn1cc(NC(C(=O)NC2CC2)c2ccc(F)cc2)cn1. The molecular formula is C17H20FN5O2. The summed E-state index contributed by atoms with van der Waals surface area (Å²) in [5.74, 6) is -0.701. The molecule has 3 N–H and O–H groups in total. The van der Waals surface area contributed by atoms with Gasteiger partial charge >= 0.3 is 0 Å². The van der Waals surface area contributed by atoms with Crippen LogP contribution in [-0.4, -0.2) is 34.7 Å². The van der Waals surface area contributed by atoms with Gasteiger partial charge in [-0.2, -0.15) is 5.10 Å². The second-order valence-corrected chi connectivity index (χ2v) is 6.01. The van der Waals surface area contributed by atoms with Gasteiger partial charge in [0.1, 0.15) is 18.4 Å². The van der Waals surface area contributed by atoms with Crippen LogP contribution >= 0.6 is 0 Å². The van der Waals surface area contributed by atoms with E-state index in [-0.39, 0.29) is 30.2 Å². The molecule has 3 rings (SSSR count). The normalized spacial score (nSPS) is 14.6. The van der Waals surface area contributed by atoms with Crippen LogP contribution in [-0.2, 0) is 16.1 Å². The van der Waals surface area contributed by atoms with Crippen LogP contribution in [0.25, 0.3) is 0 Å². The van der Waals surface area contributed by atoms with Crippen LogP contribution in [0.2, 0.25) is 0 Å². The molecule has 2 amide bonds. The fraction of sp³-hybridized carbons (Fsp3) is 0.353. The van der Waals surface area contributed by atoms with Crippen molar-refractivity contribution in [2.75, 3.05) is 12.4 Å². The summed E-state index contributed by atoms with van der Waals surface area (Å²) in [5, 5.41) is 12.7. The number of benzene rings is 1. The van der Waals surface area contributed by atoms with E-state index >= 15 is 0 Å². The number of halogens is 1. The predicted octanol–water partition coefficient (Wildman–Crippen LogP) is 1.20. The maximum atomic E-state index is 13.2. The second-order valence-electron chi connectivity index (χ2n) is 6.01.